The maximum Gasteiger partial charge on any atom is 0.335 e. The molecule has 1 aromatic carbocycles. The average Bonchev–Trinajstić information content (AvgIpc) is 2.55. The van der Waals surface area contributed by atoms with Crippen molar-refractivity contribution < 1.29 is 9.90 Å². The van der Waals surface area contributed by atoms with Crippen molar-refractivity contribution in [2.75, 3.05) is 20.1 Å². The maximum atomic E-state index is 10.9. The fourth-order valence-electron chi connectivity index (χ4n) is 3.03. The van der Waals surface area contributed by atoms with Gasteiger partial charge >= 0.3 is 5.97 Å². The second-order valence-electron chi connectivity index (χ2n) is 5.93. The largest absolute Gasteiger partial charge is 0.478 e. The van der Waals surface area contributed by atoms with Gasteiger partial charge in [0.05, 0.1) is 11.3 Å². The summed E-state index contributed by atoms with van der Waals surface area (Å²) in [6.45, 7) is 2.21. The summed E-state index contributed by atoms with van der Waals surface area (Å²) in [6, 6.07) is 13.0. The zero-order valence-electron chi connectivity index (χ0n) is 12.7. The Bertz CT molecular complexity index is 667. The smallest absolute Gasteiger partial charge is 0.335 e. The van der Waals surface area contributed by atoms with Crippen molar-refractivity contribution in [1.29, 1.82) is 0 Å². The third-order valence-corrected chi connectivity index (χ3v) is 4.24. The molecule has 0 spiro atoms. The monoisotopic (exact) mass is 296 g/mol. The number of hydrogen-bond donors (Lipinski definition) is 1. The number of aromatic nitrogens is 1. The molecule has 4 nitrogen and oxygen atoms in total. The second kappa shape index (κ2) is 6.28. The van der Waals surface area contributed by atoms with Gasteiger partial charge in [-0.2, -0.15) is 0 Å². The number of rotatable bonds is 3. The van der Waals surface area contributed by atoms with Crippen LogP contribution in [0.25, 0.3) is 11.3 Å². The lowest BCUT2D eigenvalue weighted by atomic mass is 9.94. The van der Waals surface area contributed by atoms with Crippen LogP contribution < -0.4 is 0 Å². The highest BCUT2D eigenvalue weighted by Gasteiger charge is 2.20. The van der Waals surface area contributed by atoms with E-state index in [0.717, 1.165) is 30.0 Å². The van der Waals surface area contributed by atoms with E-state index in [1.807, 2.05) is 24.3 Å². The van der Waals surface area contributed by atoms with Gasteiger partial charge in [0, 0.05) is 23.7 Å². The fraction of sp³-hybridized carbons (Fsp3) is 0.333. The summed E-state index contributed by atoms with van der Waals surface area (Å²) >= 11 is 0. The van der Waals surface area contributed by atoms with Crippen LogP contribution in [0.1, 0.15) is 34.8 Å². The summed E-state index contributed by atoms with van der Waals surface area (Å²) in [5.74, 6) is -0.421. The molecule has 1 aromatic heterocycles. The first-order valence-electron chi connectivity index (χ1n) is 7.63. The highest BCUT2D eigenvalue weighted by atomic mass is 16.4. The van der Waals surface area contributed by atoms with Crippen molar-refractivity contribution in [3.8, 4) is 11.3 Å². The van der Waals surface area contributed by atoms with Crippen LogP contribution in [0.4, 0.5) is 0 Å². The van der Waals surface area contributed by atoms with E-state index in [2.05, 4.69) is 18.0 Å². The lowest BCUT2D eigenvalue weighted by Crippen LogP contribution is -2.31. The number of pyridine rings is 1. The number of likely N-dealkylation sites (N-methyl/N-ethyl adjacent to an activating group) is 1. The van der Waals surface area contributed by atoms with Gasteiger partial charge in [0.2, 0.25) is 0 Å². The molecule has 22 heavy (non-hydrogen) atoms. The highest BCUT2D eigenvalue weighted by molar-refractivity contribution is 5.88. The van der Waals surface area contributed by atoms with Crippen molar-refractivity contribution in [1.82, 2.24) is 9.88 Å². The molecule has 3 rings (SSSR count). The number of likely N-dealkylation sites (tertiary alicyclic amines) is 1. The third kappa shape index (κ3) is 3.17. The molecule has 1 aliphatic rings. The summed E-state index contributed by atoms with van der Waals surface area (Å²) in [6.07, 6.45) is 2.39. The molecule has 1 fully saturated rings. The van der Waals surface area contributed by atoms with Crippen LogP contribution in [0.15, 0.2) is 42.5 Å². The Labute approximate surface area is 130 Å². The molecule has 1 N–H and O–H groups in total. The first kappa shape index (κ1) is 14.7. The van der Waals surface area contributed by atoms with Crippen LogP contribution in [0.2, 0.25) is 0 Å². The van der Waals surface area contributed by atoms with E-state index in [1.54, 1.807) is 12.1 Å². The molecule has 0 aliphatic carbocycles. The van der Waals surface area contributed by atoms with Gasteiger partial charge in [-0.05, 0) is 50.7 Å². The minimum atomic E-state index is -0.904. The van der Waals surface area contributed by atoms with Gasteiger partial charge in [-0.25, -0.2) is 4.79 Å². The van der Waals surface area contributed by atoms with Crippen molar-refractivity contribution in [2.24, 2.45) is 0 Å². The first-order valence-corrected chi connectivity index (χ1v) is 7.63. The number of carboxylic acids is 1. The molecule has 0 radical (unpaired) electrons. The summed E-state index contributed by atoms with van der Waals surface area (Å²) in [5, 5.41) is 8.97. The molecule has 0 saturated carbocycles. The van der Waals surface area contributed by atoms with Crippen LogP contribution >= 0.6 is 0 Å². The lowest BCUT2D eigenvalue weighted by molar-refractivity contribution is 0.0697. The zero-order chi connectivity index (χ0) is 15.5. The molecule has 4 heteroatoms. The van der Waals surface area contributed by atoms with Crippen LogP contribution in [0, 0.1) is 0 Å². The minimum absolute atomic E-state index is 0.300. The predicted molar refractivity (Wildman–Crippen MR) is 86.1 cm³/mol. The van der Waals surface area contributed by atoms with Gasteiger partial charge in [-0.1, -0.05) is 18.2 Å². The Morgan fingerprint density at radius 1 is 1.23 bits per heavy atom. The van der Waals surface area contributed by atoms with Gasteiger partial charge in [0.25, 0.3) is 0 Å². The molecule has 1 saturated heterocycles. The Balaban J connectivity index is 1.85. The zero-order valence-corrected chi connectivity index (χ0v) is 12.7. The Morgan fingerprint density at radius 2 is 2.00 bits per heavy atom. The van der Waals surface area contributed by atoms with Crippen LogP contribution in [-0.2, 0) is 0 Å². The van der Waals surface area contributed by atoms with E-state index in [-0.39, 0.29) is 0 Å². The SMILES string of the molecule is CN1CCC[C@@H](c2cccc(-c3ccc(C(=O)O)cc3)n2)C1. The second-order valence-corrected chi connectivity index (χ2v) is 5.93. The Kier molecular flexibility index (Phi) is 4.20. The number of benzene rings is 1. The maximum absolute atomic E-state index is 10.9. The van der Waals surface area contributed by atoms with Crippen LogP contribution in [0.5, 0.6) is 0 Å². The van der Waals surface area contributed by atoms with E-state index < -0.39 is 5.97 Å². The Morgan fingerprint density at radius 3 is 2.68 bits per heavy atom. The standard InChI is InChI=1S/C18H20N2O2/c1-20-11-3-4-15(12-20)17-6-2-5-16(19-17)13-7-9-14(10-8-13)18(21)22/h2,5-10,15H,3-4,11-12H2,1H3,(H,21,22)/t15-/m1/s1. The number of aromatic carboxylic acids is 1. The number of carbonyl (C=O) groups is 1. The normalized spacial score (nSPS) is 19.0. The van der Waals surface area contributed by atoms with Gasteiger partial charge < -0.3 is 10.0 Å². The van der Waals surface area contributed by atoms with Gasteiger partial charge in [-0.3, -0.25) is 4.98 Å². The van der Waals surface area contributed by atoms with Crippen molar-refractivity contribution in [3.05, 3.63) is 53.7 Å². The van der Waals surface area contributed by atoms with Gasteiger partial charge in [0.1, 0.15) is 0 Å². The summed E-state index contributed by atoms with van der Waals surface area (Å²) < 4.78 is 0. The van der Waals surface area contributed by atoms with E-state index >= 15 is 0 Å². The summed E-state index contributed by atoms with van der Waals surface area (Å²) in [7, 11) is 2.15. The van der Waals surface area contributed by atoms with Crippen LogP contribution in [-0.4, -0.2) is 41.1 Å². The van der Waals surface area contributed by atoms with E-state index in [1.165, 1.54) is 12.8 Å². The minimum Gasteiger partial charge on any atom is -0.478 e. The molecule has 1 aliphatic heterocycles. The molecule has 2 aromatic rings. The van der Waals surface area contributed by atoms with Crippen molar-refractivity contribution in [3.63, 3.8) is 0 Å². The molecular formula is C18H20N2O2. The quantitative estimate of drug-likeness (QED) is 0.944. The number of nitrogens with zero attached hydrogens (tertiary/aromatic N) is 2. The molecular weight excluding hydrogens is 276 g/mol. The number of carboxylic acid groups (broad SMARTS) is 1. The molecule has 0 bridgehead atoms. The first-order chi connectivity index (χ1) is 10.6. The molecule has 1 atom stereocenters. The topological polar surface area (TPSA) is 53.4 Å². The van der Waals surface area contributed by atoms with Crippen LogP contribution in [0.3, 0.4) is 0 Å². The highest BCUT2D eigenvalue weighted by Crippen LogP contribution is 2.27. The fourth-order valence-corrected chi connectivity index (χ4v) is 3.03. The lowest BCUT2D eigenvalue weighted by Gasteiger charge is -2.29. The summed E-state index contributed by atoms with van der Waals surface area (Å²) in [4.78, 5) is 18.1. The van der Waals surface area contributed by atoms with E-state index in [9.17, 15) is 4.79 Å². The summed E-state index contributed by atoms with van der Waals surface area (Å²) in [5.41, 5.74) is 3.29. The van der Waals surface area contributed by atoms with E-state index in [4.69, 9.17) is 10.1 Å². The van der Waals surface area contributed by atoms with Gasteiger partial charge in [-0.15, -0.1) is 0 Å². The Hall–Kier alpha value is -2.20. The molecule has 0 amide bonds. The third-order valence-electron chi connectivity index (χ3n) is 4.24. The average molecular weight is 296 g/mol. The molecule has 114 valence electrons. The van der Waals surface area contributed by atoms with Crippen molar-refractivity contribution >= 4 is 5.97 Å². The number of piperidine rings is 1. The number of hydrogen-bond acceptors (Lipinski definition) is 3. The molecule has 0 unspecified atom stereocenters. The van der Waals surface area contributed by atoms with E-state index in [0.29, 0.717) is 11.5 Å². The predicted octanol–water partition coefficient (Wildman–Crippen LogP) is 3.26. The van der Waals surface area contributed by atoms with Crippen molar-refractivity contribution in [2.45, 2.75) is 18.8 Å². The van der Waals surface area contributed by atoms with Gasteiger partial charge in [0.15, 0.2) is 0 Å². The molecule has 2 heterocycles.